The second-order valence-corrected chi connectivity index (χ2v) is 5.15. The molecule has 1 atom stereocenters. The summed E-state index contributed by atoms with van der Waals surface area (Å²) in [5.41, 5.74) is 6.87. The van der Waals surface area contributed by atoms with Crippen molar-refractivity contribution in [3.63, 3.8) is 0 Å². The van der Waals surface area contributed by atoms with E-state index in [0.717, 1.165) is 0 Å². The Morgan fingerprint density at radius 3 is 2.76 bits per heavy atom. The maximum atomic E-state index is 12.8. The molecule has 5 nitrogen and oxygen atoms in total. The fourth-order valence-electron chi connectivity index (χ4n) is 2.23. The minimum absolute atomic E-state index is 0.206. The minimum Gasteiger partial charge on any atom is -0.322 e. The van der Waals surface area contributed by atoms with Crippen LogP contribution in [0.4, 0.5) is 0 Å². The second-order valence-electron chi connectivity index (χ2n) is 4.75. The van der Waals surface area contributed by atoms with E-state index < -0.39 is 6.04 Å². The first-order valence-electron chi connectivity index (χ1n) is 6.46. The maximum absolute atomic E-state index is 12.8. The van der Waals surface area contributed by atoms with Crippen molar-refractivity contribution in [2.45, 2.75) is 13.0 Å². The van der Waals surface area contributed by atoms with Crippen LogP contribution in [0.3, 0.4) is 0 Å². The lowest BCUT2D eigenvalue weighted by molar-refractivity contribution is 0.695. The van der Waals surface area contributed by atoms with Gasteiger partial charge in [-0.15, -0.1) is 0 Å². The standard InChI is InChI=1S/C15H13ClN4O/c1-9(17)14-19-13-11(5-2-6-12(13)16)15(21)20(14)10-4-3-7-18-8-10/h2-9H,17H2,1H3. The van der Waals surface area contributed by atoms with Crippen LogP contribution >= 0.6 is 11.6 Å². The van der Waals surface area contributed by atoms with Crippen LogP contribution < -0.4 is 11.3 Å². The van der Waals surface area contributed by atoms with Crippen molar-refractivity contribution in [1.82, 2.24) is 14.5 Å². The molecule has 2 aromatic heterocycles. The van der Waals surface area contributed by atoms with E-state index in [0.29, 0.717) is 27.4 Å². The van der Waals surface area contributed by atoms with Crippen LogP contribution in [0.25, 0.3) is 16.6 Å². The molecule has 6 heteroatoms. The van der Waals surface area contributed by atoms with Crippen LogP contribution in [0.1, 0.15) is 18.8 Å². The number of nitrogens with zero attached hydrogens (tertiary/aromatic N) is 3. The van der Waals surface area contributed by atoms with Crippen LogP contribution in [0.5, 0.6) is 0 Å². The average Bonchev–Trinajstić information content (AvgIpc) is 2.48. The third-order valence-electron chi connectivity index (χ3n) is 3.19. The van der Waals surface area contributed by atoms with E-state index in [2.05, 4.69) is 9.97 Å². The lowest BCUT2D eigenvalue weighted by Crippen LogP contribution is -2.27. The molecule has 0 aliphatic carbocycles. The van der Waals surface area contributed by atoms with Gasteiger partial charge >= 0.3 is 0 Å². The molecule has 0 fully saturated rings. The van der Waals surface area contributed by atoms with Crippen LogP contribution in [-0.2, 0) is 0 Å². The summed E-state index contributed by atoms with van der Waals surface area (Å²) in [5.74, 6) is 0.452. The molecule has 0 saturated carbocycles. The zero-order valence-electron chi connectivity index (χ0n) is 11.3. The molecule has 0 saturated heterocycles. The van der Waals surface area contributed by atoms with Gasteiger partial charge in [0.15, 0.2) is 0 Å². The highest BCUT2D eigenvalue weighted by Gasteiger charge is 2.16. The number of aromatic nitrogens is 3. The van der Waals surface area contributed by atoms with E-state index in [1.807, 2.05) is 0 Å². The monoisotopic (exact) mass is 300 g/mol. The van der Waals surface area contributed by atoms with Crippen molar-refractivity contribution in [2.24, 2.45) is 5.73 Å². The minimum atomic E-state index is -0.418. The zero-order chi connectivity index (χ0) is 15.0. The van der Waals surface area contributed by atoms with Crippen LogP contribution in [0.15, 0.2) is 47.5 Å². The normalized spacial score (nSPS) is 12.5. The number of pyridine rings is 1. The Morgan fingerprint density at radius 2 is 2.10 bits per heavy atom. The van der Waals surface area contributed by atoms with Gasteiger partial charge in [0.1, 0.15) is 5.82 Å². The van der Waals surface area contributed by atoms with Crippen molar-refractivity contribution in [3.8, 4) is 5.69 Å². The first-order chi connectivity index (χ1) is 10.1. The van der Waals surface area contributed by atoms with Gasteiger partial charge in [-0.1, -0.05) is 17.7 Å². The highest BCUT2D eigenvalue weighted by molar-refractivity contribution is 6.34. The summed E-state index contributed by atoms with van der Waals surface area (Å²) in [4.78, 5) is 21.3. The number of hydrogen-bond donors (Lipinski definition) is 1. The molecule has 0 aliphatic rings. The summed E-state index contributed by atoms with van der Waals surface area (Å²) in [6.07, 6.45) is 3.25. The molecule has 3 rings (SSSR count). The van der Waals surface area contributed by atoms with E-state index in [4.69, 9.17) is 17.3 Å². The number of fused-ring (bicyclic) bond motifs is 1. The van der Waals surface area contributed by atoms with Crippen molar-refractivity contribution >= 4 is 22.5 Å². The summed E-state index contributed by atoms with van der Waals surface area (Å²) in [5, 5.41) is 0.889. The number of nitrogens with two attached hydrogens (primary N) is 1. The molecule has 106 valence electrons. The largest absolute Gasteiger partial charge is 0.322 e. The Kier molecular flexibility index (Phi) is 3.45. The molecule has 0 spiro atoms. The summed E-state index contributed by atoms with van der Waals surface area (Å²) in [6, 6.07) is 8.27. The first-order valence-corrected chi connectivity index (χ1v) is 6.84. The molecular weight excluding hydrogens is 288 g/mol. The molecule has 21 heavy (non-hydrogen) atoms. The Morgan fingerprint density at radius 1 is 1.29 bits per heavy atom. The lowest BCUT2D eigenvalue weighted by atomic mass is 10.2. The van der Waals surface area contributed by atoms with Gasteiger partial charge in [0.2, 0.25) is 0 Å². The Hall–Kier alpha value is -2.24. The zero-order valence-corrected chi connectivity index (χ0v) is 12.1. The van der Waals surface area contributed by atoms with Gasteiger partial charge in [-0.25, -0.2) is 4.98 Å². The highest BCUT2D eigenvalue weighted by atomic mass is 35.5. The van der Waals surface area contributed by atoms with Crippen LogP contribution in [-0.4, -0.2) is 14.5 Å². The van der Waals surface area contributed by atoms with Gasteiger partial charge in [-0.05, 0) is 31.2 Å². The summed E-state index contributed by atoms with van der Waals surface area (Å²) in [7, 11) is 0. The predicted octanol–water partition coefficient (Wildman–Crippen LogP) is 2.45. The highest BCUT2D eigenvalue weighted by Crippen LogP contribution is 2.22. The summed E-state index contributed by atoms with van der Waals surface area (Å²) >= 11 is 6.14. The number of benzene rings is 1. The molecular formula is C15H13ClN4O. The van der Waals surface area contributed by atoms with E-state index >= 15 is 0 Å². The van der Waals surface area contributed by atoms with Gasteiger partial charge in [0, 0.05) is 6.20 Å². The van der Waals surface area contributed by atoms with Gasteiger partial charge in [-0.2, -0.15) is 0 Å². The van der Waals surface area contributed by atoms with E-state index in [9.17, 15) is 4.79 Å². The smallest absolute Gasteiger partial charge is 0.266 e. The summed E-state index contributed by atoms with van der Waals surface area (Å²) < 4.78 is 1.48. The van der Waals surface area contributed by atoms with Crippen molar-refractivity contribution in [1.29, 1.82) is 0 Å². The molecule has 1 unspecified atom stereocenters. The van der Waals surface area contributed by atoms with Crippen molar-refractivity contribution in [3.05, 3.63) is 63.9 Å². The Balaban J connectivity index is 2.46. The van der Waals surface area contributed by atoms with Gasteiger partial charge in [0.25, 0.3) is 5.56 Å². The fraction of sp³-hybridized carbons (Fsp3) is 0.133. The molecule has 3 aromatic rings. The molecule has 0 aliphatic heterocycles. The molecule has 1 aromatic carbocycles. The van der Waals surface area contributed by atoms with Crippen LogP contribution in [0, 0.1) is 0 Å². The molecule has 0 radical (unpaired) electrons. The van der Waals surface area contributed by atoms with Crippen molar-refractivity contribution in [2.75, 3.05) is 0 Å². The van der Waals surface area contributed by atoms with Gasteiger partial charge in [-0.3, -0.25) is 14.3 Å². The van der Waals surface area contributed by atoms with Gasteiger partial charge in [0.05, 0.1) is 33.9 Å². The summed E-state index contributed by atoms with van der Waals surface area (Å²) in [6.45, 7) is 1.78. The number of hydrogen-bond acceptors (Lipinski definition) is 4. The first kappa shape index (κ1) is 13.7. The third-order valence-corrected chi connectivity index (χ3v) is 3.49. The molecule has 0 amide bonds. The number of rotatable bonds is 2. The predicted molar refractivity (Wildman–Crippen MR) is 82.7 cm³/mol. The fourth-order valence-corrected chi connectivity index (χ4v) is 2.45. The number of halogens is 1. The Bertz CT molecular complexity index is 859. The van der Waals surface area contributed by atoms with Crippen molar-refractivity contribution < 1.29 is 0 Å². The Labute approximate surface area is 126 Å². The third kappa shape index (κ3) is 2.30. The maximum Gasteiger partial charge on any atom is 0.266 e. The average molecular weight is 301 g/mol. The van der Waals surface area contributed by atoms with Crippen LogP contribution in [0.2, 0.25) is 5.02 Å². The number of para-hydroxylation sites is 1. The van der Waals surface area contributed by atoms with Gasteiger partial charge < -0.3 is 5.73 Å². The topological polar surface area (TPSA) is 73.8 Å². The lowest BCUT2D eigenvalue weighted by Gasteiger charge is -2.15. The van der Waals surface area contributed by atoms with E-state index in [1.165, 1.54) is 4.57 Å². The molecule has 2 heterocycles. The van der Waals surface area contributed by atoms with E-state index in [1.54, 1.807) is 49.6 Å². The SMILES string of the molecule is CC(N)c1nc2c(Cl)cccc2c(=O)n1-c1cccnc1. The second kappa shape index (κ2) is 5.27. The molecule has 2 N–H and O–H groups in total. The quantitative estimate of drug-likeness (QED) is 0.789. The van der Waals surface area contributed by atoms with E-state index in [-0.39, 0.29) is 5.56 Å². The molecule has 0 bridgehead atoms.